The molecule has 3 unspecified atom stereocenters. The first-order valence-electron chi connectivity index (χ1n) is 49.5. The van der Waals surface area contributed by atoms with Crippen LogP contribution >= 0.6 is 0 Å². The molecule has 30 heteroatoms. The molecule has 25 nitrogen and oxygen atoms in total. The molecular weight excluding hydrogens is 1750 g/mol. The minimum absolute atomic E-state index is 0.0347. The maximum atomic E-state index is 13.8. The molecule has 0 spiro atoms. The second-order valence-electron chi connectivity index (χ2n) is 45.1. The predicted molar refractivity (Wildman–Crippen MR) is 506 cm³/mol. The smallest absolute Gasteiger partial charge is 0.266 e. The molecule has 0 bridgehead atoms. The first kappa shape index (κ1) is 103. The molecule has 15 rings (SSSR count). The topological polar surface area (TPSA) is 407 Å². The van der Waals surface area contributed by atoms with E-state index in [0.717, 1.165) is 153 Å². The van der Waals surface area contributed by atoms with Crippen LogP contribution in [0.25, 0.3) is 0 Å². The van der Waals surface area contributed by atoms with E-state index in [2.05, 4.69) is 153 Å². The van der Waals surface area contributed by atoms with Crippen LogP contribution in [0.5, 0.6) is 0 Å². The summed E-state index contributed by atoms with van der Waals surface area (Å²) in [6.07, 6.45) is 27.8. The van der Waals surface area contributed by atoms with Crippen LogP contribution in [0.3, 0.4) is 0 Å². The monoisotopic (exact) mass is 1910 g/mol. The van der Waals surface area contributed by atoms with Crippen LogP contribution in [-0.4, -0.2) is 173 Å². The lowest BCUT2D eigenvalue weighted by Gasteiger charge is -2.64. The summed E-state index contributed by atoms with van der Waals surface area (Å²) in [5.41, 5.74) is 4.52. The number of hydrogen-bond acceptors (Lipinski definition) is 17. The van der Waals surface area contributed by atoms with Crippen LogP contribution in [0.15, 0.2) is 89.8 Å². The lowest BCUT2D eigenvalue weighted by molar-refractivity contribution is -0.163. The summed E-state index contributed by atoms with van der Waals surface area (Å²) < 4.78 is 151. The number of amides is 3. The maximum Gasteiger partial charge on any atom is 0.266 e. The molecule has 0 heterocycles. The van der Waals surface area contributed by atoms with E-state index in [-0.39, 0.29) is 124 Å². The van der Waals surface area contributed by atoms with Gasteiger partial charge in [-0.3, -0.25) is 32.9 Å². The Kier molecular flexibility index (Phi) is 32.6. The van der Waals surface area contributed by atoms with Gasteiger partial charge in [0.1, 0.15) is 0 Å². The Balaban J connectivity index is 0.000000167. The summed E-state index contributed by atoms with van der Waals surface area (Å²) in [5.74, 6) is 5.49. The first-order chi connectivity index (χ1) is 60.9. The Morgan fingerprint density at radius 3 is 1.04 bits per heavy atom. The van der Waals surface area contributed by atoms with Gasteiger partial charge in [-0.2, -0.15) is 25.3 Å². The number of rotatable bonds is 31. The van der Waals surface area contributed by atoms with Crippen molar-refractivity contribution in [2.75, 3.05) is 43.1 Å². The highest BCUT2D eigenvalue weighted by Gasteiger charge is 2.68. The fourth-order valence-electron chi connectivity index (χ4n) is 31.3. The minimum Gasteiger partial charge on any atom is -0.393 e. The molecule has 0 saturated heterocycles. The van der Waals surface area contributed by atoms with Gasteiger partial charge in [0.2, 0.25) is 37.8 Å². The standard InChI is InChI=1S/C40H58N2O5S.C33H52N2O7S2.C27H48N2O7S2/c1-28(14-17-37(44)41-22-23-48(45,46)47)33-15-16-34-38-35(19-21-40(33,34)3)39(2)20-18-32(43)24-31(39)25-36(38)42(26-29-10-6-4-7-11-29)27-30-12-8-5-9-13-30;1-21-5-8-25(9-6-21)44(41,42)35-29-20-23-19-24(36)13-15-32(23,3)28-14-16-33(4)26(10-11-27(33)31(28)29)22(2)7-12-30(37)34-17-18-43(38,39)40;1-17(5-8-24(31)28-13-14-38(34,35)36)20-6-7-21-25-22(10-12-27(20,21)3)26(2)11-9-19(30)15-18(26)16-23(25)29-37(4,32)33/h4-13,28,31-36,38,43H,14-27H2,1-3H3,(H,41,44)(H,45,46,47);5-6,8-9,22-24,26-29,31,35-36H,7,10-20H2,1-4H3,(H,34,37)(H,38,39,40);17-23,25,29-30H,5-16H2,1-4H3,(H,28,31)(H,34,35,36)/t28-,31?,32-,33-,34+,35+,36+,38+,39+,40-;22-,23?,24-,26-,27+,28+,29+,31+,32+,33-;17-,18?,19-,20-,21+,22+,23+,25+,26+,27-/m111/s1. The molecule has 0 aliphatic heterocycles. The summed E-state index contributed by atoms with van der Waals surface area (Å²) in [6, 6.07) is 29.1. The van der Waals surface area contributed by atoms with E-state index in [9.17, 15) is 71.8 Å². The van der Waals surface area contributed by atoms with Gasteiger partial charge in [-0.25, -0.2) is 26.3 Å². The van der Waals surface area contributed by atoms with Gasteiger partial charge in [-0.1, -0.05) is 141 Å². The highest BCUT2D eigenvalue weighted by molar-refractivity contribution is 7.89. The summed E-state index contributed by atoms with van der Waals surface area (Å²) in [6.45, 7) is 25.0. The molecule has 12 saturated carbocycles. The lowest BCUT2D eigenvalue weighted by atomic mass is 9.43. The van der Waals surface area contributed by atoms with Crippen molar-refractivity contribution < 1.29 is 85.5 Å². The molecule has 12 fully saturated rings. The van der Waals surface area contributed by atoms with Crippen molar-refractivity contribution >= 4 is 68.1 Å². The van der Waals surface area contributed by atoms with Crippen molar-refractivity contribution in [3.8, 4) is 0 Å². The Hall–Kier alpha value is -4.54. The van der Waals surface area contributed by atoms with Gasteiger partial charge in [-0.05, 0) is 343 Å². The van der Waals surface area contributed by atoms with E-state index in [0.29, 0.717) is 126 Å². The SMILES string of the molecule is C[C@H](CCC(=O)NCCS(=O)(=O)O)[C@H]1CC[C@H]2[C@@H]3[C@@H](N(Cc4ccccc4)Cc4ccccc4)CC4C[C@H](O)CC[C@]4(C)[C@H]3CC[C@]12C.C[C@H](CCC(=O)NCCS(=O)(=O)O)[C@H]1CC[C@H]2[C@@H]3[C@@H](NS(C)(=O)=O)CC4C[C@H](O)CC[C@]4(C)[C@H]3CC[C@]12C.Cc1ccc(S(=O)(=O)N[C@H]2CC3C[C@H](O)CC[C@]3(C)[C@H]3CC[C@]4(C)[C@@H]([C@H](C)CCC(=O)NCCS(=O)(=O)O)CC[C@H]4[C@H]23)cc1. The fourth-order valence-corrected chi connectivity index (χ4v) is 34.5. The molecule has 0 aromatic heterocycles. The number of aryl methyl sites for hydroxylation is 1. The normalized spacial score (nSPS) is 38.1. The summed E-state index contributed by atoms with van der Waals surface area (Å²) in [7, 11) is -19.4. The number of aliphatic hydroxyl groups is 3. The number of sulfonamides is 2. The van der Waals surface area contributed by atoms with Crippen molar-refractivity contribution in [2.45, 2.75) is 316 Å². The molecular formula is C100H158N6O19S5. The third kappa shape index (κ3) is 23.5. The molecule has 12 aliphatic rings. The van der Waals surface area contributed by atoms with Crippen LogP contribution in [0.2, 0.25) is 0 Å². The Morgan fingerprint density at radius 2 is 0.700 bits per heavy atom. The van der Waals surface area contributed by atoms with Crippen molar-refractivity contribution in [3.05, 3.63) is 102 Å². The van der Waals surface area contributed by atoms with Gasteiger partial charge in [0.25, 0.3) is 30.4 Å². The number of benzene rings is 3. The zero-order chi connectivity index (χ0) is 94.3. The van der Waals surface area contributed by atoms with E-state index in [1.807, 2.05) is 19.1 Å². The number of carbonyl (C=O) groups is 3. The molecule has 130 heavy (non-hydrogen) atoms. The molecule has 11 N–H and O–H groups in total. The van der Waals surface area contributed by atoms with Crippen LogP contribution < -0.4 is 25.4 Å². The molecule has 3 aromatic rings. The van der Waals surface area contributed by atoms with Gasteiger partial charge in [0.05, 0.1) is 46.7 Å². The van der Waals surface area contributed by atoms with Crippen molar-refractivity contribution in [1.82, 2.24) is 30.3 Å². The van der Waals surface area contributed by atoms with Crippen LogP contribution in [0.4, 0.5) is 0 Å². The Morgan fingerprint density at radius 1 is 0.392 bits per heavy atom. The number of carbonyl (C=O) groups excluding carboxylic acids is 3. The predicted octanol–water partition coefficient (Wildman–Crippen LogP) is 14.8. The second kappa shape index (κ2) is 41.2. The highest BCUT2D eigenvalue weighted by Crippen LogP contribution is 2.73. The van der Waals surface area contributed by atoms with Crippen LogP contribution in [0.1, 0.15) is 272 Å². The van der Waals surface area contributed by atoms with E-state index in [1.165, 1.54) is 43.1 Å². The van der Waals surface area contributed by atoms with E-state index in [1.54, 1.807) is 12.1 Å². The quantitative estimate of drug-likeness (QED) is 0.0267. The third-order valence-electron chi connectivity index (χ3n) is 37.8. The average molecular weight is 1910 g/mol. The number of aliphatic hydroxyl groups excluding tert-OH is 3. The van der Waals surface area contributed by atoms with Gasteiger partial charge in [-0.15, -0.1) is 0 Å². The summed E-state index contributed by atoms with van der Waals surface area (Å²) in [4.78, 5) is 40.4. The molecule has 3 aromatic carbocycles. The van der Waals surface area contributed by atoms with Crippen LogP contribution in [-0.2, 0) is 77.9 Å². The molecule has 0 radical (unpaired) electrons. The number of nitrogens with zero attached hydrogens (tertiary/aromatic N) is 1. The maximum absolute atomic E-state index is 13.8. The van der Waals surface area contributed by atoms with Gasteiger partial charge in [0, 0.05) is 70.1 Å². The zero-order valence-corrected chi connectivity index (χ0v) is 83.4. The largest absolute Gasteiger partial charge is 0.393 e. The highest BCUT2D eigenvalue weighted by atomic mass is 32.2. The van der Waals surface area contributed by atoms with E-state index >= 15 is 0 Å². The Labute approximate surface area is 778 Å². The third-order valence-corrected chi connectivity index (χ3v) is 42.2. The number of fused-ring (bicyclic) bond motifs is 15. The van der Waals surface area contributed by atoms with Gasteiger partial charge >= 0.3 is 0 Å². The summed E-state index contributed by atoms with van der Waals surface area (Å²) in [5, 5.41) is 39.9. The van der Waals surface area contributed by atoms with Crippen molar-refractivity contribution in [1.29, 1.82) is 0 Å². The van der Waals surface area contributed by atoms with Crippen LogP contribution in [0, 0.1) is 146 Å². The number of nitrogens with one attached hydrogen (secondary N) is 5. The molecule has 12 aliphatic carbocycles. The van der Waals surface area contributed by atoms with Gasteiger partial charge < -0.3 is 31.3 Å². The van der Waals surface area contributed by atoms with E-state index < -0.39 is 67.7 Å². The molecule has 30 atom stereocenters. The number of hydrogen-bond donors (Lipinski definition) is 11. The average Bonchev–Trinajstić information content (AvgIpc) is 1.39. The second-order valence-corrected chi connectivity index (χ2v) is 53.3. The minimum atomic E-state index is -4.11. The summed E-state index contributed by atoms with van der Waals surface area (Å²) >= 11 is 0. The van der Waals surface area contributed by atoms with Crippen molar-refractivity contribution in [3.63, 3.8) is 0 Å². The molecule has 732 valence electrons. The zero-order valence-electron chi connectivity index (χ0n) is 79.3. The van der Waals surface area contributed by atoms with Crippen molar-refractivity contribution in [2.24, 2.45) is 139 Å². The van der Waals surface area contributed by atoms with Gasteiger partial charge in [0.15, 0.2) is 0 Å². The van der Waals surface area contributed by atoms with E-state index in [4.69, 9.17) is 13.7 Å². The molecule has 3 amide bonds. The Bertz CT molecular complexity index is 4920. The first-order valence-corrected chi connectivity index (χ1v) is 57.7. The fraction of sp³-hybridized carbons (Fsp3) is 0.790. The lowest BCUT2D eigenvalue weighted by Crippen LogP contribution is -2.62.